The van der Waals surface area contributed by atoms with Crippen LogP contribution in [0.15, 0.2) is 0 Å². The van der Waals surface area contributed by atoms with Gasteiger partial charge in [-0.1, -0.05) is 0 Å². The van der Waals surface area contributed by atoms with Crippen LogP contribution < -0.4 is 10.6 Å². The summed E-state index contributed by atoms with van der Waals surface area (Å²) >= 11 is 0. The molecule has 0 aliphatic rings. The molecule has 0 fully saturated rings. The molecule has 0 aromatic carbocycles. The third kappa shape index (κ3) is 4.41. The molecule has 3 N–H and O–H groups in total. The summed E-state index contributed by atoms with van der Waals surface area (Å²) in [6.07, 6.45) is 0. The van der Waals surface area contributed by atoms with Crippen LogP contribution >= 0.6 is 0 Å². The topological polar surface area (TPSA) is 117 Å². The molecule has 0 spiro atoms. The number of carbonyl (C=O) groups excluding carboxylic acids is 1. The number of nitrogens with zero attached hydrogens (tertiary/aromatic N) is 3. The summed E-state index contributed by atoms with van der Waals surface area (Å²) < 4.78 is 0. The molecule has 1 aromatic rings. The highest BCUT2D eigenvalue weighted by Crippen LogP contribution is 2.00. The molecule has 0 saturated heterocycles. The number of amides is 1. The second-order valence-electron chi connectivity index (χ2n) is 3.33. The number of hydrogen-bond acceptors (Lipinski definition) is 6. The number of aryl methyl sites for hydroxylation is 2. The zero-order chi connectivity index (χ0) is 12.8. The third-order valence-electron chi connectivity index (χ3n) is 1.94. The average Bonchev–Trinajstić information content (AvgIpc) is 2.28. The third-order valence-corrected chi connectivity index (χ3v) is 1.94. The lowest BCUT2D eigenvalue weighted by molar-refractivity contribution is -0.137. The average molecular weight is 239 g/mol. The molecule has 1 aromatic heterocycles. The Balaban J connectivity index is 2.42. The van der Waals surface area contributed by atoms with E-state index in [4.69, 9.17) is 5.11 Å². The summed E-state index contributed by atoms with van der Waals surface area (Å²) in [7, 11) is 0. The van der Waals surface area contributed by atoms with Gasteiger partial charge < -0.3 is 15.7 Å². The molecule has 0 saturated carbocycles. The lowest BCUT2D eigenvalue weighted by Crippen LogP contribution is -2.34. The van der Waals surface area contributed by atoms with E-state index in [-0.39, 0.29) is 12.5 Å². The lowest BCUT2D eigenvalue weighted by Gasteiger charge is -2.05. The van der Waals surface area contributed by atoms with Crippen LogP contribution in [0.5, 0.6) is 0 Å². The van der Waals surface area contributed by atoms with E-state index in [1.54, 1.807) is 13.8 Å². The summed E-state index contributed by atoms with van der Waals surface area (Å²) in [6.45, 7) is 3.04. The molecule has 1 rings (SSSR count). The molecular formula is C9H13N5O3. The van der Waals surface area contributed by atoms with Crippen LogP contribution in [0.3, 0.4) is 0 Å². The molecule has 0 bridgehead atoms. The van der Waals surface area contributed by atoms with Crippen LogP contribution in [-0.4, -0.2) is 45.3 Å². The van der Waals surface area contributed by atoms with Crippen LogP contribution in [0.4, 0.5) is 5.95 Å². The van der Waals surface area contributed by atoms with Gasteiger partial charge >= 0.3 is 5.97 Å². The van der Waals surface area contributed by atoms with Gasteiger partial charge in [-0.3, -0.25) is 9.59 Å². The number of anilines is 1. The van der Waals surface area contributed by atoms with Gasteiger partial charge in [0.25, 0.3) is 0 Å². The molecule has 1 amide bonds. The zero-order valence-electron chi connectivity index (χ0n) is 9.52. The summed E-state index contributed by atoms with van der Waals surface area (Å²) in [5, 5.41) is 20.8. The number of aromatic nitrogens is 3. The molecule has 8 heteroatoms. The number of nitrogens with one attached hydrogen (secondary N) is 2. The monoisotopic (exact) mass is 239 g/mol. The maximum atomic E-state index is 11.2. The van der Waals surface area contributed by atoms with Crippen molar-refractivity contribution in [2.75, 3.05) is 18.4 Å². The summed E-state index contributed by atoms with van der Waals surface area (Å²) in [4.78, 5) is 25.4. The summed E-state index contributed by atoms with van der Waals surface area (Å²) in [6, 6.07) is 0. The van der Waals surface area contributed by atoms with E-state index in [1.165, 1.54) is 0 Å². The SMILES string of the molecule is Cc1nnc(NCC(=O)NCC(=O)O)nc1C. The minimum absolute atomic E-state index is 0.0997. The van der Waals surface area contributed by atoms with Crippen LogP contribution in [0, 0.1) is 13.8 Å². The van der Waals surface area contributed by atoms with Crippen LogP contribution in [0.1, 0.15) is 11.4 Å². The first-order chi connectivity index (χ1) is 7.99. The quantitative estimate of drug-likeness (QED) is 0.609. The minimum atomic E-state index is -1.09. The van der Waals surface area contributed by atoms with Crippen molar-refractivity contribution >= 4 is 17.8 Å². The first kappa shape index (κ1) is 12.8. The van der Waals surface area contributed by atoms with Crippen molar-refractivity contribution in [3.63, 3.8) is 0 Å². The predicted molar refractivity (Wildman–Crippen MR) is 58.4 cm³/mol. The number of hydrogen-bond donors (Lipinski definition) is 3. The molecule has 0 unspecified atom stereocenters. The molecular weight excluding hydrogens is 226 g/mol. The maximum Gasteiger partial charge on any atom is 0.322 e. The molecule has 0 radical (unpaired) electrons. The van der Waals surface area contributed by atoms with E-state index in [0.29, 0.717) is 11.4 Å². The Bertz CT molecular complexity index is 435. The molecule has 0 aliphatic carbocycles. The fourth-order valence-electron chi connectivity index (χ4n) is 0.928. The predicted octanol–water partition coefficient (Wildman–Crippen LogP) is -0.899. The van der Waals surface area contributed by atoms with E-state index in [0.717, 1.165) is 0 Å². The first-order valence-electron chi connectivity index (χ1n) is 4.89. The van der Waals surface area contributed by atoms with Gasteiger partial charge in [-0.05, 0) is 13.8 Å². The van der Waals surface area contributed by atoms with Gasteiger partial charge in [-0.2, -0.15) is 5.10 Å². The Morgan fingerprint density at radius 1 is 1.18 bits per heavy atom. The smallest absolute Gasteiger partial charge is 0.322 e. The van der Waals surface area contributed by atoms with Gasteiger partial charge in [-0.15, -0.1) is 5.10 Å². The minimum Gasteiger partial charge on any atom is -0.480 e. The number of carbonyl (C=O) groups is 2. The first-order valence-corrected chi connectivity index (χ1v) is 4.89. The number of carboxylic acid groups (broad SMARTS) is 1. The highest BCUT2D eigenvalue weighted by molar-refractivity contribution is 5.83. The summed E-state index contributed by atoms with van der Waals surface area (Å²) in [5.41, 5.74) is 1.43. The van der Waals surface area contributed by atoms with E-state index in [2.05, 4.69) is 25.8 Å². The van der Waals surface area contributed by atoms with Crippen molar-refractivity contribution < 1.29 is 14.7 Å². The fourth-order valence-corrected chi connectivity index (χ4v) is 0.928. The largest absolute Gasteiger partial charge is 0.480 e. The van der Waals surface area contributed by atoms with Crippen molar-refractivity contribution in [3.8, 4) is 0 Å². The number of carboxylic acids is 1. The Morgan fingerprint density at radius 2 is 1.88 bits per heavy atom. The van der Waals surface area contributed by atoms with Gasteiger partial charge in [0, 0.05) is 0 Å². The lowest BCUT2D eigenvalue weighted by atomic mass is 10.4. The van der Waals surface area contributed by atoms with Crippen molar-refractivity contribution in [3.05, 3.63) is 11.4 Å². The van der Waals surface area contributed by atoms with E-state index >= 15 is 0 Å². The zero-order valence-corrected chi connectivity index (χ0v) is 9.52. The number of rotatable bonds is 5. The van der Waals surface area contributed by atoms with Gasteiger partial charge in [0.15, 0.2) is 0 Å². The molecule has 0 atom stereocenters. The molecule has 8 nitrogen and oxygen atoms in total. The van der Waals surface area contributed by atoms with Crippen LogP contribution in [0.2, 0.25) is 0 Å². The summed E-state index contributed by atoms with van der Waals surface area (Å²) in [5.74, 6) is -1.31. The van der Waals surface area contributed by atoms with Crippen molar-refractivity contribution in [2.45, 2.75) is 13.8 Å². The Hall–Kier alpha value is -2.25. The van der Waals surface area contributed by atoms with E-state index < -0.39 is 18.4 Å². The van der Waals surface area contributed by atoms with Crippen molar-refractivity contribution in [2.24, 2.45) is 0 Å². The Kier molecular flexibility index (Phi) is 4.32. The normalized spacial score (nSPS) is 9.76. The highest BCUT2D eigenvalue weighted by atomic mass is 16.4. The standard InChI is InChI=1S/C9H13N5O3/c1-5-6(2)13-14-9(12-5)11-3-7(15)10-4-8(16)17/h3-4H2,1-2H3,(H,10,15)(H,16,17)(H,11,12,14). The maximum absolute atomic E-state index is 11.2. The van der Waals surface area contributed by atoms with Crippen LogP contribution in [0.25, 0.3) is 0 Å². The molecule has 1 heterocycles. The van der Waals surface area contributed by atoms with Gasteiger partial charge in [-0.25, -0.2) is 4.98 Å². The molecule has 0 aliphatic heterocycles. The van der Waals surface area contributed by atoms with Gasteiger partial charge in [0.1, 0.15) is 6.54 Å². The van der Waals surface area contributed by atoms with Crippen molar-refractivity contribution in [1.82, 2.24) is 20.5 Å². The van der Waals surface area contributed by atoms with Gasteiger partial charge in [0.05, 0.1) is 17.9 Å². The number of aliphatic carboxylic acids is 1. The molecule has 17 heavy (non-hydrogen) atoms. The second kappa shape index (κ2) is 5.73. The molecule has 92 valence electrons. The Morgan fingerprint density at radius 3 is 2.47 bits per heavy atom. The Labute approximate surface area is 97.5 Å². The fraction of sp³-hybridized carbons (Fsp3) is 0.444. The van der Waals surface area contributed by atoms with E-state index in [1.807, 2.05) is 0 Å². The second-order valence-corrected chi connectivity index (χ2v) is 3.33. The highest BCUT2D eigenvalue weighted by Gasteiger charge is 2.05. The van der Waals surface area contributed by atoms with E-state index in [9.17, 15) is 9.59 Å². The van der Waals surface area contributed by atoms with Crippen LogP contribution in [-0.2, 0) is 9.59 Å². The van der Waals surface area contributed by atoms with Gasteiger partial charge in [0.2, 0.25) is 11.9 Å². The van der Waals surface area contributed by atoms with Crippen molar-refractivity contribution in [1.29, 1.82) is 0 Å².